The molecular formula is C24H22FN5O3S. The van der Waals surface area contributed by atoms with E-state index in [1.54, 1.807) is 24.1 Å². The smallest absolute Gasteiger partial charge is 0.275 e. The number of rotatable bonds is 5. The summed E-state index contributed by atoms with van der Waals surface area (Å²) in [6.45, 7) is 2.68. The van der Waals surface area contributed by atoms with Crippen molar-refractivity contribution < 1.29 is 13.9 Å². The maximum Gasteiger partial charge on any atom is 0.275 e. The molecule has 1 amide bonds. The zero-order chi connectivity index (χ0) is 23.7. The summed E-state index contributed by atoms with van der Waals surface area (Å²) in [4.78, 5) is 34.3. The number of aromatic nitrogens is 3. The number of hydrogen-bond acceptors (Lipinski definition) is 7. The quantitative estimate of drug-likeness (QED) is 0.438. The number of benzene rings is 2. The fraction of sp³-hybridized carbons (Fsp3) is 0.250. The van der Waals surface area contributed by atoms with Gasteiger partial charge in [-0.15, -0.1) is 0 Å². The molecule has 1 aliphatic heterocycles. The first-order valence-corrected chi connectivity index (χ1v) is 11.6. The molecule has 34 heavy (non-hydrogen) atoms. The summed E-state index contributed by atoms with van der Waals surface area (Å²) in [6.07, 6.45) is 0. The molecule has 4 aromatic rings. The SMILES string of the molecule is COc1ccc(-c2nn3c(=O)cc(CN4CCN(C(=O)c5ccccc5F)CC4)nc3s2)cc1. The average molecular weight is 480 g/mol. The maximum absolute atomic E-state index is 14.0. The molecule has 174 valence electrons. The molecule has 5 rings (SSSR count). The minimum absolute atomic E-state index is 0.0916. The molecule has 3 heterocycles. The fourth-order valence-corrected chi connectivity index (χ4v) is 4.86. The van der Waals surface area contributed by atoms with Gasteiger partial charge in [-0.25, -0.2) is 9.37 Å². The van der Waals surface area contributed by atoms with Crippen molar-refractivity contribution in [3.05, 3.63) is 82.0 Å². The zero-order valence-corrected chi connectivity index (χ0v) is 19.3. The van der Waals surface area contributed by atoms with Gasteiger partial charge in [0.1, 0.15) is 16.6 Å². The van der Waals surface area contributed by atoms with E-state index >= 15 is 0 Å². The summed E-state index contributed by atoms with van der Waals surface area (Å²) in [5, 5.41) is 5.12. The second-order valence-corrected chi connectivity index (χ2v) is 8.92. The van der Waals surface area contributed by atoms with E-state index in [-0.39, 0.29) is 17.0 Å². The maximum atomic E-state index is 14.0. The third kappa shape index (κ3) is 4.42. The van der Waals surface area contributed by atoms with Crippen LogP contribution in [0, 0.1) is 5.82 Å². The number of hydrogen-bond donors (Lipinski definition) is 0. The number of carbonyl (C=O) groups excluding carboxylic acids is 1. The molecule has 0 spiro atoms. The van der Waals surface area contributed by atoms with E-state index in [2.05, 4.69) is 15.0 Å². The highest BCUT2D eigenvalue weighted by Gasteiger charge is 2.24. The molecule has 0 saturated carbocycles. The molecule has 0 bridgehead atoms. The van der Waals surface area contributed by atoms with E-state index in [9.17, 15) is 14.0 Å². The molecule has 2 aromatic carbocycles. The van der Waals surface area contributed by atoms with E-state index in [4.69, 9.17) is 4.74 Å². The van der Waals surface area contributed by atoms with Crippen LogP contribution in [0.4, 0.5) is 4.39 Å². The Morgan fingerprint density at radius 2 is 1.82 bits per heavy atom. The van der Waals surface area contributed by atoms with Gasteiger partial charge in [0.15, 0.2) is 0 Å². The highest BCUT2D eigenvalue weighted by Crippen LogP contribution is 2.26. The van der Waals surface area contributed by atoms with Gasteiger partial charge in [-0.3, -0.25) is 14.5 Å². The van der Waals surface area contributed by atoms with Crippen LogP contribution in [0.2, 0.25) is 0 Å². The summed E-state index contributed by atoms with van der Waals surface area (Å²) in [5.74, 6) is -0.0594. The van der Waals surface area contributed by atoms with Crippen molar-refractivity contribution in [2.45, 2.75) is 6.54 Å². The minimum Gasteiger partial charge on any atom is -0.497 e. The fourth-order valence-electron chi connectivity index (χ4n) is 3.93. The van der Waals surface area contributed by atoms with E-state index in [1.165, 1.54) is 34.1 Å². The Morgan fingerprint density at radius 3 is 2.53 bits per heavy atom. The molecule has 0 atom stereocenters. The lowest BCUT2D eigenvalue weighted by Gasteiger charge is -2.34. The molecule has 0 unspecified atom stereocenters. The molecule has 0 radical (unpaired) electrons. The summed E-state index contributed by atoms with van der Waals surface area (Å²) < 4.78 is 20.5. The molecule has 1 aliphatic rings. The van der Waals surface area contributed by atoms with Crippen LogP contribution in [0.25, 0.3) is 15.5 Å². The van der Waals surface area contributed by atoms with Gasteiger partial charge in [-0.1, -0.05) is 23.5 Å². The Morgan fingerprint density at radius 1 is 1.09 bits per heavy atom. The number of carbonyl (C=O) groups is 1. The molecule has 0 N–H and O–H groups in total. The first-order valence-electron chi connectivity index (χ1n) is 10.8. The van der Waals surface area contributed by atoms with Gasteiger partial charge in [-0.05, 0) is 36.4 Å². The van der Waals surface area contributed by atoms with Gasteiger partial charge < -0.3 is 9.64 Å². The van der Waals surface area contributed by atoms with Crippen LogP contribution < -0.4 is 10.3 Å². The van der Waals surface area contributed by atoms with Crippen molar-refractivity contribution >= 4 is 22.2 Å². The van der Waals surface area contributed by atoms with Crippen LogP contribution in [-0.4, -0.2) is 63.6 Å². The molecule has 1 fully saturated rings. The number of amides is 1. The van der Waals surface area contributed by atoms with Crippen LogP contribution in [0.1, 0.15) is 16.1 Å². The van der Waals surface area contributed by atoms with Gasteiger partial charge in [0.2, 0.25) is 4.96 Å². The van der Waals surface area contributed by atoms with Gasteiger partial charge in [-0.2, -0.15) is 9.61 Å². The Hall–Kier alpha value is -3.63. The summed E-state index contributed by atoms with van der Waals surface area (Å²) in [7, 11) is 1.61. The lowest BCUT2D eigenvalue weighted by atomic mass is 10.1. The summed E-state index contributed by atoms with van der Waals surface area (Å²) >= 11 is 1.35. The van der Waals surface area contributed by atoms with Gasteiger partial charge in [0.05, 0.1) is 18.4 Å². The third-order valence-electron chi connectivity index (χ3n) is 5.78. The number of ether oxygens (including phenoxy) is 1. The van der Waals surface area contributed by atoms with Gasteiger partial charge in [0.25, 0.3) is 11.5 Å². The normalized spacial score (nSPS) is 14.5. The molecular weight excluding hydrogens is 457 g/mol. The standard InChI is InChI=1S/C24H22FN5O3S/c1-33-18-8-6-16(7-9-18)22-27-30-21(31)14-17(26-24(30)34-22)15-28-10-12-29(13-11-28)23(32)19-4-2-3-5-20(19)25/h2-9,14H,10-13,15H2,1H3. The van der Waals surface area contributed by atoms with Crippen molar-refractivity contribution in [2.75, 3.05) is 33.3 Å². The summed E-state index contributed by atoms with van der Waals surface area (Å²) in [6, 6.07) is 15.0. The lowest BCUT2D eigenvalue weighted by molar-refractivity contribution is 0.0622. The zero-order valence-electron chi connectivity index (χ0n) is 18.5. The van der Waals surface area contributed by atoms with Crippen LogP contribution >= 0.6 is 11.3 Å². The van der Waals surface area contributed by atoms with Crippen LogP contribution in [0.5, 0.6) is 5.75 Å². The van der Waals surface area contributed by atoms with E-state index in [1.807, 2.05) is 24.3 Å². The largest absolute Gasteiger partial charge is 0.497 e. The van der Waals surface area contributed by atoms with Crippen molar-refractivity contribution in [2.24, 2.45) is 0 Å². The number of nitrogens with zero attached hydrogens (tertiary/aromatic N) is 5. The van der Waals surface area contributed by atoms with Crippen molar-refractivity contribution in [3.8, 4) is 16.3 Å². The number of piperazine rings is 1. The van der Waals surface area contributed by atoms with Crippen molar-refractivity contribution in [3.63, 3.8) is 0 Å². The molecule has 0 aliphatic carbocycles. The average Bonchev–Trinajstić information content (AvgIpc) is 3.29. The Kier molecular flexibility index (Phi) is 6.08. The highest BCUT2D eigenvalue weighted by atomic mass is 32.1. The van der Waals surface area contributed by atoms with Crippen LogP contribution in [0.15, 0.2) is 59.4 Å². The number of methoxy groups -OCH3 is 1. The lowest BCUT2D eigenvalue weighted by Crippen LogP contribution is -2.48. The van der Waals surface area contributed by atoms with E-state index in [0.717, 1.165) is 11.3 Å². The third-order valence-corrected chi connectivity index (χ3v) is 6.74. The number of halogens is 1. The second kappa shape index (κ2) is 9.32. The predicted molar refractivity (Wildman–Crippen MR) is 127 cm³/mol. The van der Waals surface area contributed by atoms with Crippen LogP contribution in [0.3, 0.4) is 0 Å². The topological polar surface area (TPSA) is 80.0 Å². The van der Waals surface area contributed by atoms with Gasteiger partial charge >= 0.3 is 0 Å². The van der Waals surface area contributed by atoms with E-state index < -0.39 is 5.82 Å². The van der Waals surface area contributed by atoms with Crippen molar-refractivity contribution in [1.29, 1.82) is 0 Å². The van der Waals surface area contributed by atoms with Gasteiger partial charge in [0, 0.05) is 44.4 Å². The molecule has 10 heteroatoms. The Bertz CT molecular complexity index is 1390. The predicted octanol–water partition coefficient (Wildman–Crippen LogP) is 2.92. The first kappa shape index (κ1) is 22.2. The minimum atomic E-state index is -0.508. The Labute approximate surface area is 198 Å². The first-order chi connectivity index (χ1) is 16.5. The molecule has 8 nitrogen and oxygen atoms in total. The molecule has 1 saturated heterocycles. The van der Waals surface area contributed by atoms with Crippen molar-refractivity contribution in [1.82, 2.24) is 24.4 Å². The Balaban J connectivity index is 1.27. The second-order valence-electron chi connectivity index (χ2n) is 7.96. The molecule has 2 aromatic heterocycles. The van der Waals surface area contributed by atoms with Crippen LogP contribution in [-0.2, 0) is 6.54 Å². The number of fused-ring (bicyclic) bond motifs is 1. The van der Waals surface area contributed by atoms with E-state index in [0.29, 0.717) is 48.4 Å². The highest BCUT2D eigenvalue weighted by molar-refractivity contribution is 7.19. The monoisotopic (exact) mass is 479 g/mol. The summed E-state index contributed by atoms with van der Waals surface area (Å²) in [5.41, 5.74) is 1.40.